The minimum absolute atomic E-state index is 0.0801. The molecule has 0 aliphatic heterocycles. The van der Waals surface area contributed by atoms with Crippen LogP contribution >= 0.6 is 22.7 Å². The van der Waals surface area contributed by atoms with E-state index in [0.717, 1.165) is 74.9 Å². The number of oxime groups is 1. The Morgan fingerprint density at radius 2 is 1.97 bits per heavy atom. The Kier molecular flexibility index (Phi) is 6.80. The van der Waals surface area contributed by atoms with Gasteiger partial charge in [0.2, 0.25) is 0 Å². The van der Waals surface area contributed by atoms with Crippen molar-refractivity contribution in [1.29, 1.82) is 0 Å². The van der Waals surface area contributed by atoms with Crippen LogP contribution in [0, 0.1) is 5.92 Å². The number of thiazole rings is 1. The third-order valence-electron chi connectivity index (χ3n) is 6.10. The monoisotopic (exact) mass is 495 g/mol. The average molecular weight is 496 g/mol. The molecule has 0 saturated heterocycles. The van der Waals surface area contributed by atoms with E-state index in [1.807, 2.05) is 24.3 Å². The lowest BCUT2D eigenvalue weighted by Gasteiger charge is -2.29. The molecule has 10 heteroatoms. The summed E-state index contributed by atoms with van der Waals surface area (Å²) in [5.41, 5.74) is 3.46. The Morgan fingerprint density at radius 3 is 2.76 bits per heavy atom. The molecule has 1 saturated carbocycles. The summed E-state index contributed by atoms with van der Waals surface area (Å²) in [6, 6.07) is 10.3. The summed E-state index contributed by atoms with van der Waals surface area (Å²) < 4.78 is 6.47. The van der Waals surface area contributed by atoms with E-state index in [2.05, 4.69) is 26.5 Å². The lowest BCUT2D eigenvalue weighted by Crippen LogP contribution is -2.35. The van der Waals surface area contributed by atoms with E-state index in [1.54, 1.807) is 25.6 Å². The molecule has 8 nitrogen and oxygen atoms in total. The summed E-state index contributed by atoms with van der Waals surface area (Å²) in [6.45, 7) is 0.664. The number of methoxy groups -OCH3 is 1. The number of pyridine rings is 1. The SMILES string of the molecule is CON=C(c1nc2c(OC)cccc2s1)C1CCC(NCc2ccc3ncc(=O)sc3n2)CC1. The molecule has 0 atom stereocenters. The molecular weight excluding hydrogens is 470 g/mol. The number of nitrogens with zero attached hydrogens (tertiary/aromatic N) is 4. The van der Waals surface area contributed by atoms with Crippen molar-refractivity contribution in [3.63, 3.8) is 0 Å². The van der Waals surface area contributed by atoms with Gasteiger partial charge in [0.05, 0.1) is 29.2 Å². The minimum atomic E-state index is -0.0801. The number of ether oxygens (including phenoxy) is 1. The zero-order valence-electron chi connectivity index (χ0n) is 19.0. The summed E-state index contributed by atoms with van der Waals surface area (Å²) in [5.74, 6) is 1.07. The van der Waals surface area contributed by atoms with Crippen LogP contribution in [0.15, 0.2) is 46.5 Å². The summed E-state index contributed by atoms with van der Waals surface area (Å²) >= 11 is 2.76. The average Bonchev–Trinajstić information content (AvgIpc) is 3.30. The summed E-state index contributed by atoms with van der Waals surface area (Å²) in [4.78, 5) is 31.1. The molecule has 0 amide bonds. The van der Waals surface area contributed by atoms with Gasteiger partial charge in [-0.15, -0.1) is 11.3 Å². The van der Waals surface area contributed by atoms with Crippen molar-refractivity contribution in [3.05, 3.63) is 56.8 Å². The molecule has 1 N–H and O–H groups in total. The predicted octanol–water partition coefficient (Wildman–Crippen LogP) is 4.37. The smallest absolute Gasteiger partial charge is 0.252 e. The van der Waals surface area contributed by atoms with Crippen LogP contribution in [0.1, 0.15) is 36.4 Å². The highest BCUT2D eigenvalue weighted by molar-refractivity contribution is 7.20. The maximum atomic E-state index is 11.6. The first-order valence-electron chi connectivity index (χ1n) is 11.2. The number of fused-ring (bicyclic) bond motifs is 2. The Hall–Kier alpha value is -2.95. The number of hydrogen-bond acceptors (Lipinski definition) is 10. The Labute approximate surface area is 204 Å². The van der Waals surface area contributed by atoms with E-state index in [0.29, 0.717) is 23.3 Å². The summed E-state index contributed by atoms with van der Waals surface area (Å²) in [6.07, 6.45) is 5.42. The highest BCUT2D eigenvalue weighted by atomic mass is 32.1. The van der Waals surface area contributed by atoms with Gasteiger partial charge in [0, 0.05) is 18.5 Å². The molecule has 0 spiro atoms. The van der Waals surface area contributed by atoms with Crippen molar-refractivity contribution in [2.24, 2.45) is 11.1 Å². The molecule has 3 aromatic heterocycles. The van der Waals surface area contributed by atoms with Crippen LogP contribution in [0.25, 0.3) is 20.6 Å². The molecule has 0 bridgehead atoms. The lowest BCUT2D eigenvalue weighted by molar-refractivity contribution is 0.209. The number of aromatic nitrogens is 3. The zero-order valence-corrected chi connectivity index (χ0v) is 20.6. The van der Waals surface area contributed by atoms with Crippen LogP contribution < -0.4 is 14.8 Å². The second kappa shape index (κ2) is 10.1. The van der Waals surface area contributed by atoms with E-state index in [9.17, 15) is 4.79 Å². The fraction of sp³-hybridized carbons (Fsp3) is 0.375. The fourth-order valence-corrected chi connectivity index (χ4v) is 6.12. The van der Waals surface area contributed by atoms with Crippen LogP contribution in [-0.2, 0) is 11.4 Å². The third kappa shape index (κ3) is 4.79. The molecule has 1 aromatic carbocycles. The van der Waals surface area contributed by atoms with Gasteiger partial charge in [-0.2, -0.15) is 0 Å². The zero-order chi connectivity index (χ0) is 23.5. The number of nitrogens with one attached hydrogen (secondary N) is 1. The van der Waals surface area contributed by atoms with Gasteiger partial charge in [-0.1, -0.05) is 22.6 Å². The lowest BCUT2D eigenvalue weighted by atomic mass is 9.83. The van der Waals surface area contributed by atoms with E-state index >= 15 is 0 Å². The maximum Gasteiger partial charge on any atom is 0.252 e. The molecular formula is C24H25N5O3S2. The van der Waals surface area contributed by atoms with Crippen molar-refractivity contribution in [2.45, 2.75) is 38.3 Å². The molecule has 4 aromatic rings. The Morgan fingerprint density at radius 1 is 1.12 bits per heavy atom. The summed E-state index contributed by atoms with van der Waals surface area (Å²) in [5, 5.41) is 8.91. The first-order chi connectivity index (χ1) is 16.6. The molecule has 0 unspecified atom stereocenters. The number of hydrogen-bond donors (Lipinski definition) is 1. The fourth-order valence-electron chi connectivity index (χ4n) is 4.39. The van der Waals surface area contributed by atoms with E-state index in [1.165, 1.54) is 6.20 Å². The second-order valence-corrected chi connectivity index (χ2v) is 10.2. The molecule has 176 valence electrons. The van der Waals surface area contributed by atoms with Gasteiger partial charge in [0.1, 0.15) is 33.9 Å². The van der Waals surface area contributed by atoms with Gasteiger partial charge in [-0.05, 0) is 49.9 Å². The van der Waals surface area contributed by atoms with Gasteiger partial charge in [0.25, 0.3) is 4.74 Å². The topological polar surface area (TPSA) is 98.6 Å². The van der Waals surface area contributed by atoms with Crippen molar-refractivity contribution in [3.8, 4) is 5.75 Å². The third-order valence-corrected chi connectivity index (χ3v) is 7.94. The highest BCUT2D eigenvalue weighted by Gasteiger charge is 2.28. The normalized spacial score (nSPS) is 18.9. The number of benzene rings is 1. The molecule has 1 fully saturated rings. The quantitative estimate of drug-likeness (QED) is 0.300. The molecule has 5 rings (SSSR count). The van der Waals surface area contributed by atoms with Crippen molar-refractivity contribution in [2.75, 3.05) is 14.2 Å². The van der Waals surface area contributed by atoms with E-state index in [-0.39, 0.29) is 4.74 Å². The van der Waals surface area contributed by atoms with Crippen LogP contribution in [0.3, 0.4) is 0 Å². The molecule has 34 heavy (non-hydrogen) atoms. The van der Waals surface area contributed by atoms with Gasteiger partial charge in [0.15, 0.2) is 0 Å². The predicted molar refractivity (Wildman–Crippen MR) is 136 cm³/mol. The number of para-hydroxylation sites is 1. The first kappa shape index (κ1) is 22.8. The van der Waals surface area contributed by atoms with Gasteiger partial charge in [-0.25, -0.2) is 15.0 Å². The Balaban J connectivity index is 1.24. The van der Waals surface area contributed by atoms with Crippen LogP contribution in [0.2, 0.25) is 0 Å². The standard InChI is InChI=1S/C24H25N5O3S2/c1-31-18-4-3-5-19-22(18)28-24(33-19)21(29-32-2)14-6-8-15(9-7-14)25-12-16-10-11-17-23(27-16)34-20(30)13-26-17/h3-5,10-11,13-15,25H,6-9,12H2,1-2H3. The van der Waals surface area contributed by atoms with Crippen molar-refractivity contribution < 1.29 is 9.57 Å². The maximum absolute atomic E-state index is 11.6. The second-order valence-electron chi connectivity index (χ2n) is 8.22. The molecule has 1 aliphatic carbocycles. The minimum Gasteiger partial charge on any atom is -0.494 e. The van der Waals surface area contributed by atoms with Gasteiger partial charge >= 0.3 is 0 Å². The van der Waals surface area contributed by atoms with Crippen LogP contribution in [-0.4, -0.2) is 40.9 Å². The van der Waals surface area contributed by atoms with Crippen molar-refractivity contribution >= 4 is 48.9 Å². The highest BCUT2D eigenvalue weighted by Crippen LogP contribution is 2.34. The summed E-state index contributed by atoms with van der Waals surface area (Å²) in [7, 11) is 3.25. The van der Waals surface area contributed by atoms with Crippen LogP contribution in [0.4, 0.5) is 0 Å². The van der Waals surface area contributed by atoms with Crippen molar-refractivity contribution in [1.82, 2.24) is 20.3 Å². The molecule has 0 radical (unpaired) electrons. The van der Waals surface area contributed by atoms with E-state index < -0.39 is 0 Å². The largest absolute Gasteiger partial charge is 0.494 e. The van der Waals surface area contributed by atoms with Crippen LogP contribution in [0.5, 0.6) is 5.75 Å². The Bertz CT molecular complexity index is 1390. The van der Waals surface area contributed by atoms with Gasteiger partial charge < -0.3 is 14.9 Å². The molecule has 3 heterocycles. The van der Waals surface area contributed by atoms with E-state index in [4.69, 9.17) is 14.6 Å². The number of rotatable bonds is 7. The first-order valence-corrected chi connectivity index (χ1v) is 12.8. The molecule has 1 aliphatic rings. The van der Waals surface area contributed by atoms with Gasteiger partial charge in [-0.3, -0.25) is 4.79 Å².